The molecule has 12 fully saturated rings. The number of hydrogen-bond acceptors (Lipinski definition) is 14. The first-order chi connectivity index (χ1) is 58.7. The van der Waals surface area contributed by atoms with E-state index in [9.17, 15) is 62.3 Å². The molecule has 6 atom stereocenters. The van der Waals surface area contributed by atoms with Crippen LogP contribution in [0.15, 0.2) is 133 Å². The third-order valence-corrected chi connectivity index (χ3v) is 31.7. The predicted molar refractivity (Wildman–Crippen MR) is 437 cm³/mol. The smallest absolute Gasteiger partial charge is 0.377 e. The van der Waals surface area contributed by atoms with Crippen LogP contribution >= 0.6 is 0 Å². The maximum absolute atomic E-state index is 13.7. The van der Waals surface area contributed by atoms with Crippen molar-refractivity contribution < 1.29 is 179 Å². The summed E-state index contributed by atoms with van der Waals surface area (Å²) < 4.78 is 235. The molecule has 126 heavy (non-hydrogen) atoms. The SMILES string of the molecule is CC(F)(F)C(=O)OC12CC3CC(C1)C1(OCC(F)(F)C(F)(F)CO1)C(C3)C2.CC(F)(F)C(=O)OC12CC3CC(C1)C1(OCC(F)(F)C(F)(F)CO1)C(C3)C2.CC[NH+](CC)CC.Cc1cc(Oc2ccc(OC3CCCCO3)cc2)ccc1[I+]c1ccc(C(C)(C)C)cc1.Cc1cc(Oc2ccc(OC3CCCCO3)cc2)ccc1[I+]c1ccc(C(C)(C)C)cc1.[Cl-]. The number of carbonyl (C=O) groups excluding carboxylic acids is 2. The van der Waals surface area contributed by atoms with Crippen LogP contribution in [0.4, 0.5) is 52.7 Å². The van der Waals surface area contributed by atoms with Gasteiger partial charge in [-0.15, -0.1) is 0 Å². The minimum absolute atomic E-state index is 0. The lowest BCUT2D eigenvalue weighted by molar-refractivity contribution is -0.894. The molecule has 0 radical (unpaired) electrons. The van der Waals surface area contributed by atoms with Gasteiger partial charge in [-0.05, 0) is 267 Å². The maximum Gasteiger partial charge on any atom is 0.377 e. The van der Waals surface area contributed by atoms with Crippen LogP contribution < -0.4 is 78.7 Å². The Morgan fingerprint density at radius 3 is 0.960 bits per heavy atom. The van der Waals surface area contributed by atoms with Gasteiger partial charge in [0.15, 0.2) is 38.4 Å². The molecule has 2 spiro atoms. The molecular weight excluding hydrogens is 1910 g/mol. The molecule has 30 heteroatoms. The van der Waals surface area contributed by atoms with Gasteiger partial charge in [-0.1, -0.05) is 65.8 Å². The van der Waals surface area contributed by atoms with Gasteiger partial charge in [0.25, 0.3) is 0 Å². The van der Waals surface area contributed by atoms with Gasteiger partial charge in [-0.3, -0.25) is 0 Å². The van der Waals surface area contributed by atoms with Gasteiger partial charge in [-0.25, -0.2) is 9.59 Å². The first-order valence-electron chi connectivity index (χ1n) is 43.6. The summed E-state index contributed by atoms with van der Waals surface area (Å²) in [7, 11) is 0. The minimum atomic E-state index is -4.36. The number of halogens is 15. The Bertz CT molecular complexity index is 4210. The molecule has 1 N–H and O–H groups in total. The number of benzene rings is 6. The first kappa shape index (κ1) is 101. The number of esters is 2. The van der Waals surface area contributed by atoms with E-state index in [1.165, 1.54) is 56.2 Å². The lowest BCUT2D eigenvalue weighted by Gasteiger charge is -2.63. The van der Waals surface area contributed by atoms with Crippen LogP contribution in [0.25, 0.3) is 0 Å². The molecule has 8 bridgehead atoms. The normalized spacial score (nSPS) is 26.7. The zero-order valence-corrected chi connectivity index (χ0v) is 79.0. The molecular formula is C96H120ClF12I2NO14+2. The zero-order valence-electron chi connectivity index (χ0n) is 73.9. The highest BCUT2D eigenvalue weighted by atomic mass is 127. The van der Waals surface area contributed by atoms with Crippen molar-refractivity contribution in [1.82, 2.24) is 0 Å². The number of alkyl halides is 12. The molecule has 6 aromatic carbocycles. The molecule has 4 aliphatic heterocycles. The molecule has 0 aromatic heterocycles. The van der Waals surface area contributed by atoms with Crippen LogP contribution in [0.5, 0.6) is 34.5 Å². The second-order valence-corrected chi connectivity index (χ2v) is 43.2. The van der Waals surface area contributed by atoms with Gasteiger partial charge in [0.05, 0.1) is 32.8 Å². The van der Waals surface area contributed by atoms with Crippen LogP contribution in [0.2, 0.25) is 0 Å². The van der Waals surface area contributed by atoms with Crippen molar-refractivity contribution in [2.45, 2.75) is 274 Å². The average Bonchev–Trinajstić information content (AvgIpc) is 1.26. The zero-order chi connectivity index (χ0) is 90.6. The second kappa shape index (κ2) is 40.7. The Hall–Kier alpha value is -5.91. The average molecular weight is 2030 g/mol. The summed E-state index contributed by atoms with van der Waals surface area (Å²) in [4.78, 5) is 25.1. The standard InChI is InChI=1S/2C28H32IO3.2C17H20F6O4.C6H15N.ClH/c2*1-20-19-25(16-17-26(20)29-22-10-8-21(9-11-22)28(2,3)4)31-23-12-14-24(15-13-23)32-27-7-5-6-18-30-27;2*1-13(18,19)12(24)27-14-4-9-2-10(5-14)17(11(3-9)6-14)25-7-15(20,21)16(22,23)8-26-17;1-4-7(5-2)6-3;/h2*8-17,19,27H,5-7,18H2,1-4H3;2*9-11H,2-8H2,1H3;4-6H2,1-3H3;1H/q2*+1;;;;. The Balaban J connectivity index is 0.000000159. The molecule has 6 unspecified atom stereocenters. The molecule has 0 amide bonds. The molecule has 8 saturated carbocycles. The van der Waals surface area contributed by atoms with Crippen LogP contribution in [0.1, 0.15) is 201 Å². The molecule has 6 aromatic rings. The van der Waals surface area contributed by atoms with Gasteiger partial charge in [0, 0.05) is 61.5 Å². The summed E-state index contributed by atoms with van der Waals surface area (Å²) in [5, 5.41) is 0. The molecule has 4 saturated heterocycles. The van der Waals surface area contributed by atoms with Crippen molar-refractivity contribution in [2.24, 2.45) is 35.5 Å². The van der Waals surface area contributed by atoms with E-state index in [2.05, 4.69) is 161 Å². The summed E-state index contributed by atoms with van der Waals surface area (Å²) in [5.41, 5.74) is 3.42. The highest BCUT2D eigenvalue weighted by molar-refractivity contribution is 5.78. The van der Waals surface area contributed by atoms with E-state index in [0.717, 1.165) is 86.2 Å². The lowest BCUT2D eigenvalue weighted by Crippen LogP contribution is -3.61. The molecule has 8 aliphatic carbocycles. The highest BCUT2D eigenvalue weighted by Gasteiger charge is 2.72. The van der Waals surface area contributed by atoms with Crippen molar-refractivity contribution in [2.75, 3.05) is 59.3 Å². The van der Waals surface area contributed by atoms with Crippen molar-refractivity contribution in [3.63, 3.8) is 0 Å². The van der Waals surface area contributed by atoms with Crippen molar-refractivity contribution >= 4 is 11.9 Å². The monoisotopic (exact) mass is 2030 g/mol. The number of rotatable bonds is 19. The fourth-order valence-corrected chi connectivity index (χ4v) is 23.4. The number of carbonyl (C=O) groups is 2. The molecule has 12 aliphatic rings. The minimum Gasteiger partial charge on any atom is -1.00 e. The predicted octanol–water partition coefficient (Wildman–Crippen LogP) is 12.7. The summed E-state index contributed by atoms with van der Waals surface area (Å²) in [5.74, 6) is -28.6. The van der Waals surface area contributed by atoms with Crippen LogP contribution in [0, 0.1) is 63.6 Å². The van der Waals surface area contributed by atoms with E-state index in [-0.39, 0.29) is 116 Å². The van der Waals surface area contributed by atoms with Gasteiger partial charge in [0.2, 0.25) is 0 Å². The van der Waals surface area contributed by atoms with Crippen LogP contribution in [-0.2, 0) is 58.3 Å². The van der Waals surface area contributed by atoms with E-state index in [1.807, 2.05) is 48.5 Å². The Labute approximate surface area is 759 Å². The van der Waals surface area contributed by atoms with Crippen molar-refractivity contribution in [1.29, 1.82) is 0 Å². The van der Waals surface area contributed by atoms with Crippen LogP contribution in [0.3, 0.4) is 0 Å². The summed E-state index contributed by atoms with van der Waals surface area (Å²) >= 11 is -0.427. The fraction of sp³-hybridized carbons (Fsp3) is 0.604. The van der Waals surface area contributed by atoms with Crippen LogP contribution in [-0.4, -0.2) is 142 Å². The van der Waals surface area contributed by atoms with Gasteiger partial charge >= 0.3 is 89.9 Å². The fourth-order valence-electron chi connectivity index (χ4n) is 18.7. The molecule has 4 heterocycles. The number of aryl methyl sites for hydroxylation is 2. The van der Waals surface area contributed by atoms with E-state index < -0.39 is 120 Å². The third-order valence-electron chi connectivity index (χ3n) is 25.4. The Morgan fingerprint density at radius 1 is 0.413 bits per heavy atom. The largest absolute Gasteiger partial charge is 1.00 e. The number of nitrogens with one attached hydrogen (secondary N) is 1. The first-order valence-corrected chi connectivity index (χ1v) is 47.9. The summed E-state index contributed by atoms with van der Waals surface area (Å²) in [6.45, 7) is 24.9. The summed E-state index contributed by atoms with van der Waals surface area (Å²) in [6, 6.07) is 46.7. The summed E-state index contributed by atoms with van der Waals surface area (Å²) in [6.07, 6.45) is 9.14. The highest BCUT2D eigenvalue weighted by Crippen LogP contribution is 2.66. The van der Waals surface area contributed by atoms with E-state index in [4.69, 9.17) is 56.8 Å². The second-order valence-electron chi connectivity index (χ2n) is 37.3. The van der Waals surface area contributed by atoms with E-state index in [0.29, 0.717) is 52.4 Å². The van der Waals surface area contributed by atoms with E-state index >= 15 is 0 Å². The Morgan fingerprint density at radius 2 is 0.706 bits per heavy atom. The lowest BCUT2D eigenvalue weighted by atomic mass is 9.51. The van der Waals surface area contributed by atoms with Crippen molar-refractivity contribution in [3.05, 3.63) is 170 Å². The van der Waals surface area contributed by atoms with Gasteiger partial charge in [0.1, 0.15) is 72.1 Å². The topological polar surface area (TPSA) is 149 Å². The van der Waals surface area contributed by atoms with E-state index in [1.54, 1.807) is 4.90 Å². The molecule has 15 nitrogen and oxygen atoms in total. The van der Waals surface area contributed by atoms with Gasteiger partial charge in [-0.2, -0.15) is 52.7 Å². The third kappa shape index (κ3) is 24.7. The number of ether oxygens (including phenoxy) is 12. The maximum atomic E-state index is 13.7. The number of hydrogen-bond donors (Lipinski definition) is 1. The quantitative estimate of drug-likeness (QED) is 0.0465. The van der Waals surface area contributed by atoms with Crippen molar-refractivity contribution in [3.8, 4) is 34.5 Å². The number of quaternary nitrogens is 1. The molecule has 696 valence electrons. The van der Waals surface area contributed by atoms with Gasteiger partial charge < -0.3 is 74.1 Å². The Kier molecular flexibility index (Phi) is 32.5. The molecule has 18 rings (SSSR count).